The number of aliphatic carboxylic acids is 2. The summed E-state index contributed by atoms with van der Waals surface area (Å²) in [6.07, 6.45) is 0.594. The topological polar surface area (TPSA) is 268 Å². The van der Waals surface area contributed by atoms with Crippen molar-refractivity contribution in [3.63, 3.8) is 0 Å². The van der Waals surface area contributed by atoms with Gasteiger partial charge >= 0.3 is 17.6 Å². The normalized spacial score (nSPS) is 14.8. The number of fused-ring (bicyclic) bond motifs is 1. The van der Waals surface area contributed by atoms with E-state index in [2.05, 4.69) is 35.9 Å². The number of hydrogen-bond acceptors (Lipinski definition) is 11. The smallest absolute Gasteiger partial charge is 0.326 e. The molecule has 0 aliphatic carbocycles. The minimum atomic E-state index is -1.35. The van der Waals surface area contributed by atoms with Gasteiger partial charge in [-0.2, -0.15) is 4.98 Å². The Kier molecular flexibility index (Phi) is 8.35. The summed E-state index contributed by atoms with van der Waals surface area (Å²) < 4.78 is 0. The van der Waals surface area contributed by atoms with Gasteiger partial charge in [0.25, 0.3) is 17.0 Å². The molecular weight excluding hydrogens is 542 g/mol. The van der Waals surface area contributed by atoms with Crippen molar-refractivity contribution in [1.29, 1.82) is 0 Å². The number of H-pyrrole nitrogens is 3. The number of benzene rings is 1. The minimum Gasteiger partial charge on any atom is -0.481 e. The molecule has 2 atom stereocenters. The van der Waals surface area contributed by atoms with E-state index in [1.54, 1.807) is 17.0 Å². The van der Waals surface area contributed by atoms with Crippen LogP contribution in [0.15, 0.2) is 44.8 Å². The molecule has 4 rings (SSSR count). The summed E-state index contributed by atoms with van der Waals surface area (Å²) in [5.74, 6) is -3.04. The molecule has 3 aromatic rings. The number of nitrogen functional groups attached to an aromatic ring is 1. The van der Waals surface area contributed by atoms with Gasteiger partial charge in [0.05, 0.1) is 18.2 Å². The summed E-state index contributed by atoms with van der Waals surface area (Å²) >= 11 is 0. The van der Waals surface area contributed by atoms with Gasteiger partial charge in [0, 0.05) is 37.0 Å². The van der Waals surface area contributed by atoms with Gasteiger partial charge in [0.15, 0.2) is 5.82 Å². The average Bonchev–Trinajstić information content (AvgIpc) is 2.91. The van der Waals surface area contributed by atoms with E-state index in [9.17, 15) is 33.9 Å². The van der Waals surface area contributed by atoms with Gasteiger partial charge in [0.2, 0.25) is 5.95 Å². The maximum atomic E-state index is 12.8. The number of nitrogens with zero attached hydrogens (tertiary/aromatic N) is 2. The molecule has 0 radical (unpaired) electrons. The number of aromatic nitrogens is 4. The second kappa shape index (κ2) is 12.1. The standard InChI is InChI=1S/C24H27N9O8/c25-23-30-18-17(21(38)31-23)33(10-12-7-28-24(41)32-20(12)37)14(9-27-18)8-26-13-3-1-11(2-4-13)19(36)29-15(22(39)40)5-6-16(34)35/h1-4,7,14-15,26H,5-6,8-10H2,(H,29,36)(H,34,35)(H,39,40)(H2,28,32,37,41)(H4,25,27,30,31,38)/t14?,15-/m0/s1. The van der Waals surface area contributed by atoms with E-state index in [0.29, 0.717) is 12.2 Å². The number of nitrogens with two attached hydrogens (primary N) is 1. The molecule has 1 aromatic carbocycles. The Bertz CT molecular complexity index is 1630. The van der Waals surface area contributed by atoms with Crippen LogP contribution in [0.2, 0.25) is 0 Å². The van der Waals surface area contributed by atoms with Crippen molar-refractivity contribution < 1.29 is 24.6 Å². The van der Waals surface area contributed by atoms with Gasteiger partial charge < -0.3 is 41.8 Å². The van der Waals surface area contributed by atoms with Gasteiger partial charge in [-0.15, -0.1) is 0 Å². The van der Waals surface area contributed by atoms with Crippen LogP contribution in [0, 0.1) is 0 Å². The van der Waals surface area contributed by atoms with Crippen molar-refractivity contribution in [3.05, 3.63) is 72.8 Å². The van der Waals surface area contributed by atoms with Gasteiger partial charge in [-0.3, -0.25) is 29.1 Å². The Morgan fingerprint density at radius 1 is 1.10 bits per heavy atom. The van der Waals surface area contributed by atoms with Crippen LogP contribution in [0.25, 0.3) is 0 Å². The highest BCUT2D eigenvalue weighted by Crippen LogP contribution is 2.28. The van der Waals surface area contributed by atoms with Crippen molar-refractivity contribution >= 4 is 41.0 Å². The minimum absolute atomic E-state index is 0.0342. The summed E-state index contributed by atoms with van der Waals surface area (Å²) in [4.78, 5) is 84.1. The molecule has 1 aliphatic heterocycles. The molecule has 17 nitrogen and oxygen atoms in total. The fourth-order valence-electron chi connectivity index (χ4n) is 4.25. The summed E-state index contributed by atoms with van der Waals surface area (Å²) in [7, 11) is 0. The number of carboxylic acid groups (broad SMARTS) is 2. The second-order valence-corrected chi connectivity index (χ2v) is 9.16. The Morgan fingerprint density at radius 2 is 1.83 bits per heavy atom. The number of amides is 1. The Hall–Kier alpha value is -5.61. The molecule has 10 N–H and O–H groups in total. The summed E-state index contributed by atoms with van der Waals surface area (Å²) in [5, 5.41) is 26.6. The SMILES string of the molecule is Nc1nc2c(c(=O)[nH]1)N(Cc1c[nH]c(=O)[nH]c1=O)C(CNc1ccc(C(=O)N[C@@H](CCC(=O)O)C(=O)O)cc1)CN2. The van der Waals surface area contributed by atoms with Gasteiger partial charge in [-0.25, -0.2) is 9.59 Å². The number of carbonyl (C=O) groups is 3. The van der Waals surface area contributed by atoms with Crippen molar-refractivity contribution in [2.24, 2.45) is 0 Å². The molecule has 0 bridgehead atoms. The van der Waals surface area contributed by atoms with E-state index in [0.717, 1.165) is 0 Å². The monoisotopic (exact) mass is 569 g/mol. The zero-order valence-electron chi connectivity index (χ0n) is 21.4. The lowest BCUT2D eigenvalue weighted by molar-refractivity contribution is -0.140. The predicted molar refractivity (Wildman–Crippen MR) is 146 cm³/mol. The van der Waals surface area contributed by atoms with E-state index in [4.69, 9.17) is 10.8 Å². The molecule has 1 unspecified atom stereocenters. The molecule has 1 amide bonds. The van der Waals surface area contributed by atoms with Crippen LogP contribution in [-0.4, -0.2) is 73.2 Å². The predicted octanol–water partition coefficient (Wildman–Crippen LogP) is -1.31. The van der Waals surface area contributed by atoms with Crippen molar-refractivity contribution in [3.8, 4) is 0 Å². The highest BCUT2D eigenvalue weighted by atomic mass is 16.4. The first kappa shape index (κ1) is 28.4. The average molecular weight is 570 g/mol. The molecule has 3 heterocycles. The molecule has 0 saturated heterocycles. The van der Waals surface area contributed by atoms with E-state index >= 15 is 0 Å². The maximum Gasteiger partial charge on any atom is 0.326 e. The number of rotatable bonds is 11. The van der Waals surface area contributed by atoms with E-state index < -0.39 is 53.2 Å². The van der Waals surface area contributed by atoms with E-state index in [-0.39, 0.29) is 48.1 Å². The lowest BCUT2D eigenvalue weighted by atomic mass is 10.1. The van der Waals surface area contributed by atoms with Crippen molar-refractivity contribution in [2.75, 3.05) is 34.4 Å². The van der Waals surface area contributed by atoms with Gasteiger partial charge in [-0.1, -0.05) is 0 Å². The van der Waals surface area contributed by atoms with Gasteiger partial charge in [0.1, 0.15) is 11.7 Å². The third kappa shape index (κ3) is 6.88. The fraction of sp³-hybridized carbons (Fsp3) is 0.292. The molecule has 216 valence electrons. The van der Waals surface area contributed by atoms with Crippen LogP contribution in [0.5, 0.6) is 0 Å². The van der Waals surface area contributed by atoms with Crippen molar-refractivity contribution in [1.82, 2.24) is 25.3 Å². The molecule has 0 fully saturated rings. The number of carboxylic acids is 2. The first-order chi connectivity index (χ1) is 19.5. The molecule has 2 aromatic heterocycles. The van der Waals surface area contributed by atoms with E-state index in [1.807, 2.05) is 0 Å². The van der Waals surface area contributed by atoms with Crippen LogP contribution in [0.3, 0.4) is 0 Å². The van der Waals surface area contributed by atoms with Gasteiger partial charge in [-0.05, 0) is 30.7 Å². The van der Waals surface area contributed by atoms with Crippen molar-refractivity contribution in [2.45, 2.75) is 31.5 Å². The Labute approximate surface area is 229 Å². The Balaban J connectivity index is 1.48. The Morgan fingerprint density at radius 3 is 2.49 bits per heavy atom. The molecule has 0 spiro atoms. The molecule has 17 heteroatoms. The fourth-order valence-corrected chi connectivity index (χ4v) is 4.25. The van der Waals surface area contributed by atoms with Crippen LogP contribution in [0.1, 0.15) is 28.8 Å². The zero-order valence-corrected chi connectivity index (χ0v) is 21.4. The van der Waals surface area contributed by atoms with Crippen LogP contribution < -0.4 is 43.4 Å². The summed E-state index contributed by atoms with van der Waals surface area (Å²) in [6.45, 7) is 0.539. The number of anilines is 4. The quantitative estimate of drug-likeness (QED) is 0.130. The second-order valence-electron chi connectivity index (χ2n) is 9.16. The van der Waals surface area contributed by atoms with E-state index in [1.165, 1.54) is 18.3 Å². The third-order valence-corrected chi connectivity index (χ3v) is 6.32. The third-order valence-electron chi connectivity index (χ3n) is 6.32. The highest BCUT2D eigenvalue weighted by molar-refractivity contribution is 5.97. The molecular formula is C24H27N9O8. The molecule has 1 aliphatic rings. The number of carbonyl (C=O) groups excluding carboxylic acids is 1. The summed E-state index contributed by atoms with van der Waals surface area (Å²) in [5.41, 5.74) is 5.01. The number of nitrogens with one attached hydrogen (secondary N) is 6. The first-order valence-corrected chi connectivity index (χ1v) is 12.3. The van der Waals surface area contributed by atoms with Crippen LogP contribution in [0.4, 0.5) is 23.1 Å². The lowest BCUT2D eigenvalue weighted by Crippen LogP contribution is -2.51. The molecule has 41 heavy (non-hydrogen) atoms. The largest absolute Gasteiger partial charge is 0.481 e. The highest BCUT2D eigenvalue weighted by Gasteiger charge is 2.31. The first-order valence-electron chi connectivity index (χ1n) is 12.3. The zero-order chi connectivity index (χ0) is 29.7. The summed E-state index contributed by atoms with van der Waals surface area (Å²) in [6, 6.07) is 4.38. The van der Waals surface area contributed by atoms with Crippen LogP contribution in [-0.2, 0) is 16.1 Å². The number of hydrogen-bond donors (Lipinski definition) is 9. The molecule has 0 saturated carbocycles. The van der Waals surface area contributed by atoms with Crippen LogP contribution >= 0.6 is 0 Å². The number of aromatic amines is 3. The maximum absolute atomic E-state index is 12.8. The lowest BCUT2D eigenvalue weighted by Gasteiger charge is -2.38.